The van der Waals surface area contributed by atoms with Crippen molar-refractivity contribution < 1.29 is 14.4 Å². The zero-order valence-electron chi connectivity index (χ0n) is 9.01. The third-order valence-electron chi connectivity index (χ3n) is 2.28. The fourth-order valence-corrected chi connectivity index (χ4v) is 1.46. The first kappa shape index (κ1) is 10.9. The van der Waals surface area contributed by atoms with Crippen LogP contribution in [0, 0.1) is 0 Å². The van der Waals surface area contributed by atoms with Gasteiger partial charge in [0.2, 0.25) is 0 Å². The first-order valence-corrected chi connectivity index (χ1v) is 4.98. The molecule has 0 bridgehead atoms. The van der Waals surface area contributed by atoms with Crippen molar-refractivity contribution in [3.63, 3.8) is 0 Å². The van der Waals surface area contributed by atoms with Gasteiger partial charge in [0.15, 0.2) is 5.76 Å². The van der Waals surface area contributed by atoms with Crippen molar-refractivity contribution in [1.29, 1.82) is 0 Å². The van der Waals surface area contributed by atoms with Gasteiger partial charge in [-0.15, -0.1) is 0 Å². The molecule has 2 rings (SSSR count). The molecule has 0 aliphatic rings. The van der Waals surface area contributed by atoms with E-state index in [0.29, 0.717) is 12.4 Å². The molecule has 4 nitrogen and oxygen atoms in total. The van der Waals surface area contributed by atoms with E-state index in [-0.39, 0.29) is 6.61 Å². The van der Waals surface area contributed by atoms with Gasteiger partial charge in [-0.05, 0) is 5.56 Å². The lowest BCUT2D eigenvalue weighted by Gasteiger charge is -2.00. The Bertz CT molecular complexity index is 448. The van der Waals surface area contributed by atoms with Crippen LogP contribution in [0.15, 0.2) is 34.9 Å². The van der Waals surface area contributed by atoms with Crippen LogP contribution in [-0.4, -0.2) is 17.4 Å². The Balaban J connectivity index is 2.20. The fraction of sp³-hybridized carbons (Fsp3) is 0.250. The first-order valence-electron chi connectivity index (χ1n) is 4.98. The average Bonchev–Trinajstić information content (AvgIpc) is 2.79. The largest absolute Gasteiger partial charge is 0.388 e. The molecule has 0 spiro atoms. The summed E-state index contributed by atoms with van der Waals surface area (Å²) < 4.78 is 9.95. The van der Waals surface area contributed by atoms with Gasteiger partial charge in [0.25, 0.3) is 0 Å². The van der Waals surface area contributed by atoms with Crippen LogP contribution in [0.5, 0.6) is 0 Å². The highest BCUT2D eigenvalue weighted by molar-refractivity contribution is 5.59. The Labute approximate surface area is 93.5 Å². The number of benzene rings is 1. The minimum atomic E-state index is -0.130. The molecule has 2 aromatic rings. The number of aliphatic hydroxyl groups is 1. The topological polar surface area (TPSA) is 55.5 Å². The average molecular weight is 219 g/mol. The third kappa shape index (κ3) is 2.29. The first-order chi connectivity index (χ1) is 7.83. The Morgan fingerprint density at radius 2 is 2.06 bits per heavy atom. The predicted octanol–water partition coefficient (Wildman–Crippen LogP) is 1.98. The van der Waals surface area contributed by atoms with Gasteiger partial charge in [-0.2, -0.15) is 0 Å². The van der Waals surface area contributed by atoms with Crippen molar-refractivity contribution in [2.75, 3.05) is 7.11 Å². The van der Waals surface area contributed by atoms with Crippen LogP contribution in [0.25, 0.3) is 11.3 Å². The molecule has 4 heteroatoms. The Morgan fingerprint density at radius 3 is 2.62 bits per heavy atom. The molecule has 0 radical (unpaired) electrons. The molecular weight excluding hydrogens is 206 g/mol. The lowest BCUT2D eigenvalue weighted by molar-refractivity contribution is 0.185. The molecule has 0 unspecified atom stereocenters. The van der Waals surface area contributed by atoms with Crippen molar-refractivity contribution in [2.45, 2.75) is 13.2 Å². The van der Waals surface area contributed by atoms with Gasteiger partial charge in [0, 0.05) is 18.7 Å². The van der Waals surface area contributed by atoms with Gasteiger partial charge in [0.05, 0.1) is 6.61 Å². The second-order valence-corrected chi connectivity index (χ2v) is 3.47. The highest BCUT2D eigenvalue weighted by atomic mass is 16.5. The molecule has 0 aliphatic heterocycles. The molecule has 0 amide bonds. The van der Waals surface area contributed by atoms with Crippen LogP contribution in [-0.2, 0) is 18.0 Å². The quantitative estimate of drug-likeness (QED) is 0.854. The van der Waals surface area contributed by atoms with Gasteiger partial charge in [0.1, 0.15) is 12.3 Å². The minimum absolute atomic E-state index is 0.130. The van der Waals surface area contributed by atoms with E-state index >= 15 is 0 Å². The lowest BCUT2D eigenvalue weighted by atomic mass is 10.1. The van der Waals surface area contributed by atoms with E-state index in [2.05, 4.69) is 5.16 Å². The van der Waals surface area contributed by atoms with E-state index in [1.807, 2.05) is 24.3 Å². The second-order valence-electron chi connectivity index (χ2n) is 3.47. The molecular formula is C12H13NO3. The maximum absolute atomic E-state index is 8.86. The normalized spacial score (nSPS) is 10.6. The summed E-state index contributed by atoms with van der Waals surface area (Å²) in [5.74, 6) is 0.468. The Hall–Kier alpha value is -1.65. The molecule has 84 valence electrons. The summed E-state index contributed by atoms with van der Waals surface area (Å²) in [6.07, 6.45) is 0. The molecule has 0 fully saturated rings. The smallest absolute Gasteiger partial charge is 0.162 e. The van der Waals surface area contributed by atoms with Crippen LogP contribution in [0.2, 0.25) is 0 Å². The van der Waals surface area contributed by atoms with Crippen LogP contribution in [0.4, 0.5) is 0 Å². The van der Waals surface area contributed by atoms with Crippen molar-refractivity contribution >= 4 is 0 Å². The SMILES string of the molecule is COCc1ccc(-c2cc(CO)on2)cc1. The summed E-state index contributed by atoms with van der Waals surface area (Å²) in [4.78, 5) is 0. The molecule has 0 aliphatic carbocycles. The van der Waals surface area contributed by atoms with E-state index in [1.54, 1.807) is 13.2 Å². The van der Waals surface area contributed by atoms with Crippen LogP contribution in [0.3, 0.4) is 0 Å². The molecule has 1 heterocycles. The fourth-order valence-electron chi connectivity index (χ4n) is 1.46. The highest BCUT2D eigenvalue weighted by Crippen LogP contribution is 2.19. The molecule has 1 aromatic heterocycles. The summed E-state index contributed by atoms with van der Waals surface area (Å²) in [5, 5.41) is 12.7. The van der Waals surface area contributed by atoms with E-state index in [9.17, 15) is 0 Å². The minimum Gasteiger partial charge on any atom is -0.388 e. The van der Waals surface area contributed by atoms with Gasteiger partial charge in [-0.1, -0.05) is 29.4 Å². The monoisotopic (exact) mass is 219 g/mol. The summed E-state index contributed by atoms with van der Waals surface area (Å²) in [6, 6.07) is 9.59. The Kier molecular flexibility index (Phi) is 3.34. The summed E-state index contributed by atoms with van der Waals surface area (Å²) in [7, 11) is 1.67. The Morgan fingerprint density at radius 1 is 1.31 bits per heavy atom. The number of hydrogen-bond acceptors (Lipinski definition) is 4. The molecule has 0 saturated heterocycles. The molecule has 1 N–H and O–H groups in total. The summed E-state index contributed by atoms with van der Waals surface area (Å²) >= 11 is 0. The molecule has 0 saturated carbocycles. The van der Waals surface area contributed by atoms with Crippen molar-refractivity contribution in [1.82, 2.24) is 5.16 Å². The number of aromatic nitrogens is 1. The standard InChI is InChI=1S/C12H13NO3/c1-15-8-9-2-4-10(5-3-9)12-6-11(7-14)16-13-12/h2-6,14H,7-8H2,1H3. The van der Waals surface area contributed by atoms with Gasteiger partial charge in [-0.25, -0.2) is 0 Å². The number of nitrogens with zero attached hydrogens (tertiary/aromatic N) is 1. The molecule has 0 atom stereocenters. The van der Waals surface area contributed by atoms with E-state index < -0.39 is 0 Å². The molecule has 16 heavy (non-hydrogen) atoms. The van der Waals surface area contributed by atoms with E-state index in [0.717, 1.165) is 16.8 Å². The van der Waals surface area contributed by atoms with Crippen molar-refractivity contribution in [3.8, 4) is 11.3 Å². The third-order valence-corrected chi connectivity index (χ3v) is 2.28. The number of hydrogen-bond donors (Lipinski definition) is 1. The zero-order chi connectivity index (χ0) is 11.4. The molecule has 1 aromatic carbocycles. The highest BCUT2D eigenvalue weighted by Gasteiger charge is 2.05. The van der Waals surface area contributed by atoms with Gasteiger partial charge >= 0.3 is 0 Å². The maximum Gasteiger partial charge on any atom is 0.162 e. The van der Waals surface area contributed by atoms with Gasteiger partial charge in [-0.3, -0.25) is 0 Å². The number of ether oxygens (including phenoxy) is 1. The number of rotatable bonds is 4. The van der Waals surface area contributed by atoms with Crippen LogP contribution < -0.4 is 0 Å². The van der Waals surface area contributed by atoms with E-state index in [4.69, 9.17) is 14.4 Å². The lowest BCUT2D eigenvalue weighted by Crippen LogP contribution is -1.86. The van der Waals surface area contributed by atoms with E-state index in [1.165, 1.54) is 0 Å². The zero-order valence-corrected chi connectivity index (χ0v) is 9.01. The predicted molar refractivity (Wildman–Crippen MR) is 58.6 cm³/mol. The summed E-state index contributed by atoms with van der Waals surface area (Å²) in [6.45, 7) is 0.468. The summed E-state index contributed by atoms with van der Waals surface area (Å²) in [5.41, 5.74) is 2.80. The van der Waals surface area contributed by atoms with Crippen LogP contribution in [0.1, 0.15) is 11.3 Å². The van der Waals surface area contributed by atoms with Crippen LogP contribution >= 0.6 is 0 Å². The number of aliphatic hydroxyl groups excluding tert-OH is 1. The van der Waals surface area contributed by atoms with Crippen molar-refractivity contribution in [2.24, 2.45) is 0 Å². The van der Waals surface area contributed by atoms with Gasteiger partial charge < -0.3 is 14.4 Å². The van der Waals surface area contributed by atoms with Crippen molar-refractivity contribution in [3.05, 3.63) is 41.7 Å². The number of methoxy groups -OCH3 is 1. The second kappa shape index (κ2) is 4.92. The maximum atomic E-state index is 8.86.